The van der Waals surface area contributed by atoms with Crippen LogP contribution in [-0.4, -0.2) is 19.8 Å². The summed E-state index contributed by atoms with van der Waals surface area (Å²) in [6, 6.07) is 15.8. The Morgan fingerprint density at radius 1 is 1.04 bits per heavy atom. The van der Waals surface area contributed by atoms with E-state index < -0.39 is 0 Å². The van der Waals surface area contributed by atoms with Crippen molar-refractivity contribution in [3.8, 4) is 10.7 Å². The topological polar surface area (TPSA) is 43.1 Å². The van der Waals surface area contributed by atoms with Crippen molar-refractivity contribution in [1.29, 1.82) is 0 Å². The number of hydrogen-bond acceptors (Lipinski definition) is 5. The Kier molecular flexibility index (Phi) is 4.03. The summed E-state index contributed by atoms with van der Waals surface area (Å²) in [6.07, 6.45) is 0. The SMILES string of the molecule is Clc1ccccc1CSc1ccc2nnc(-c3cccs3)n2n1. The van der Waals surface area contributed by atoms with Gasteiger partial charge in [-0.05, 0) is 35.2 Å². The molecular weight excluding hydrogens is 348 g/mol. The maximum atomic E-state index is 6.20. The van der Waals surface area contributed by atoms with E-state index in [2.05, 4.69) is 15.3 Å². The average Bonchev–Trinajstić information content (AvgIpc) is 3.22. The maximum Gasteiger partial charge on any atom is 0.195 e. The van der Waals surface area contributed by atoms with Gasteiger partial charge in [0.1, 0.15) is 5.03 Å². The largest absolute Gasteiger partial charge is 0.195 e. The molecule has 23 heavy (non-hydrogen) atoms. The highest BCUT2D eigenvalue weighted by Crippen LogP contribution is 2.27. The normalized spacial score (nSPS) is 11.2. The van der Waals surface area contributed by atoms with E-state index in [1.54, 1.807) is 27.6 Å². The first-order valence-electron chi connectivity index (χ1n) is 6.94. The van der Waals surface area contributed by atoms with E-state index >= 15 is 0 Å². The molecule has 7 heteroatoms. The van der Waals surface area contributed by atoms with Gasteiger partial charge in [0.05, 0.1) is 4.88 Å². The van der Waals surface area contributed by atoms with Crippen molar-refractivity contribution >= 4 is 40.3 Å². The van der Waals surface area contributed by atoms with Crippen molar-refractivity contribution in [3.63, 3.8) is 0 Å². The highest BCUT2D eigenvalue weighted by atomic mass is 35.5. The van der Waals surface area contributed by atoms with E-state index in [-0.39, 0.29) is 0 Å². The van der Waals surface area contributed by atoms with Gasteiger partial charge < -0.3 is 0 Å². The molecule has 0 aliphatic carbocycles. The minimum atomic E-state index is 0.746. The first kappa shape index (κ1) is 14.7. The number of rotatable bonds is 4. The molecule has 0 aliphatic rings. The lowest BCUT2D eigenvalue weighted by atomic mass is 10.2. The second-order valence-electron chi connectivity index (χ2n) is 4.82. The molecular formula is C16H11ClN4S2. The van der Waals surface area contributed by atoms with Crippen LogP contribution in [0.5, 0.6) is 0 Å². The summed E-state index contributed by atoms with van der Waals surface area (Å²) in [7, 11) is 0. The highest BCUT2D eigenvalue weighted by molar-refractivity contribution is 7.98. The molecule has 0 fully saturated rings. The Hall–Kier alpha value is -1.89. The Morgan fingerprint density at radius 3 is 2.78 bits per heavy atom. The summed E-state index contributed by atoms with van der Waals surface area (Å²) in [5, 5.41) is 16.8. The molecule has 0 bridgehead atoms. The van der Waals surface area contributed by atoms with E-state index in [1.807, 2.05) is 53.9 Å². The van der Waals surface area contributed by atoms with Gasteiger partial charge in [0, 0.05) is 10.8 Å². The van der Waals surface area contributed by atoms with Crippen molar-refractivity contribution in [2.75, 3.05) is 0 Å². The second kappa shape index (κ2) is 6.31. The Labute approximate surface area is 146 Å². The van der Waals surface area contributed by atoms with E-state index in [9.17, 15) is 0 Å². The van der Waals surface area contributed by atoms with Crippen LogP contribution < -0.4 is 0 Å². The van der Waals surface area contributed by atoms with Gasteiger partial charge in [0.25, 0.3) is 0 Å². The van der Waals surface area contributed by atoms with Crippen molar-refractivity contribution in [3.05, 3.63) is 64.5 Å². The fourth-order valence-corrected chi connectivity index (χ4v) is 4.01. The van der Waals surface area contributed by atoms with Crippen molar-refractivity contribution < 1.29 is 0 Å². The van der Waals surface area contributed by atoms with E-state index in [0.717, 1.165) is 37.7 Å². The van der Waals surface area contributed by atoms with Crippen molar-refractivity contribution in [2.24, 2.45) is 0 Å². The van der Waals surface area contributed by atoms with Gasteiger partial charge in [0.15, 0.2) is 11.5 Å². The molecule has 4 nitrogen and oxygen atoms in total. The molecule has 0 amide bonds. The van der Waals surface area contributed by atoms with Gasteiger partial charge in [-0.25, -0.2) is 0 Å². The maximum absolute atomic E-state index is 6.20. The molecule has 1 aromatic carbocycles. The number of thiophene rings is 1. The van der Waals surface area contributed by atoms with Crippen LogP contribution in [0.15, 0.2) is 58.9 Å². The highest BCUT2D eigenvalue weighted by Gasteiger charge is 2.11. The van der Waals surface area contributed by atoms with Crippen LogP contribution in [0.2, 0.25) is 5.02 Å². The number of thioether (sulfide) groups is 1. The van der Waals surface area contributed by atoms with E-state index in [0.29, 0.717) is 0 Å². The molecule has 4 rings (SSSR count). The molecule has 0 spiro atoms. The molecule has 0 aliphatic heterocycles. The fraction of sp³-hybridized carbons (Fsp3) is 0.0625. The minimum Gasteiger partial charge on any atom is -0.191 e. The summed E-state index contributed by atoms with van der Waals surface area (Å²) in [6.45, 7) is 0. The van der Waals surface area contributed by atoms with Gasteiger partial charge in [-0.3, -0.25) is 0 Å². The van der Waals surface area contributed by atoms with Gasteiger partial charge >= 0.3 is 0 Å². The molecule has 0 radical (unpaired) electrons. The molecule has 3 aromatic heterocycles. The summed E-state index contributed by atoms with van der Waals surface area (Å²) in [5.74, 6) is 1.55. The Bertz CT molecular complexity index is 950. The van der Waals surface area contributed by atoms with Crippen LogP contribution in [0, 0.1) is 0 Å². The summed E-state index contributed by atoms with van der Waals surface area (Å²) in [5.41, 5.74) is 1.85. The molecule has 0 saturated heterocycles. The number of aromatic nitrogens is 4. The monoisotopic (exact) mass is 358 g/mol. The number of halogens is 1. The smallest absolute Gasteiger partial charge is 0.191 e. The number of nitrogens with zero attached hydrogens (tertiary/aromatic N) is 4. The van der Waals surface area contributed by atoms with Crippen LogP contribution in [0.3, 0.4) is 0 Å². The first-order valence-corrected chi connectivity index (χ1v) is 9.18. The quantitative estimate of drug-likeness (QED) is 0.491. The first-order chi connectivity index (χ1) is 11.3. The lowest BCUT2D eigenvalue weighted by Crippen LogP contribution is -1.95. The molecule has 3 heterocycles. The summed E-state index contributed by atoms with van der Waals surface area (Å²) < 4.78 is 1.79. The second-order valence-corrected chi connectivity index (χ2v) is 7.17. The third-order valence-electron chi connectivity index (χ3n) is 3.31. The average molecular weight is 359 g/mol. The van der Waals surface area contributed by atoms with Crippen LogP contribution in [0.1, 0.15) is 5.56 Å². The lowest BCUT2D eigenvalue weighted by molar-refractivity contribution is 0.862. The summed E-state index contributed by atoms with van der Waals surface area (Å²) in [4.78, 5) is 1.05. The van der Waals surface area contributed by atoms with Gasteiger partial charge in [-0.1, -0.05) is 47.6 Å². The third-order valence-corrected chi connectivity index (χ3v) is 5.52. The van der Waals surface area contributed by atoms with E-state index in [1.165, 1.54) is 0 Å². The Balaban J connectivity index is 1.64. The number of hydrogen-bond donors (Lipinski definition) is 0. The zero-order chi connectivity index (χ0) is 15.6. The van der Waals surface area contributed by atoms with Crippen molar-refractivity contribution in [1.82, 2.24) is 19.8 Å². The van der Waals surface area contributed by atoms with Gasteiger partial charge in [-0.15, -0.1) is 21.5 Å². The van der Waals surface area contributed by atoms with Gasteiger partial charge in [-0.2, -0.15) is 9.61 Å². The van der Waals surface area contributed by atoms with Gasteiger partial charge in [0.2, 0.25) is 0 Å². The van der Waals surface area contributed by atoms with Crippen LogP contribution in [-0.2, 0) is 5.75 Å². The number of benzene rings is 1. The molecule has 4 aromatic rings. The lowest BCUT2D eigenvalue weighted by Gasteiger charge is -2.04. The zero-order valence-corrected chi connectivity index (χ0v) is 14.3. The molecule has 0 atom stereocenters. The van der Waals surface area contributed by atoms with Crippen LogP contribution in [0.25, 0.3) is 16.3 Å². The molecule has 0 saturated carbocycles. The fourth-order valence-electron chi connectivity index (χ4n) is 2.18. The Morgan fingerprint density at radius 2 is 1.96 bits per heavy atom. The van der Waals surface area contributed by atoms with Crippen LogP contribution >= 0.6 is 34.7 Å². The molecule has 114 valence electrons. The molecule has 0 N–H and O–H groups in total. The summed E-state index contributed by atoms with van der Waals surface area (Å²) >= 11 is 9.47. The third kappa shape index (κ3) is 2.97. The van der Waals surface area contributed by atoms with Crippen molar-refractivity contribution in [2.45, 2.75) is 10.8 Å². The van der Waals surface area contributed by atoms with Crippen LogP contribution in [0.4, 0.5) is 0 Å². The standard InChI is InChI=1S/C16H11ClN4S2/c17-12-5-2-1-4-11(12)10-23-15-8-7-14-18-19-16(21(14)20-15)13-6-3-9-22-13/h1-9H,10H2. The predicted octanol–water partition coefficient (Wildman–Crippen LogP) is 4.80. The zero-order valence-electron chi connectivity index (χ0n) is 11.9. The number of fused-ring (bicyclic) bond motifs is 1. The predicted molar refractivity (Wildman–Crippen MR) is 95.1 cm³/mol. The minimum absolute atomic E-state index is 0.746. The molecule has 0 unspecified atom stereocenters. The van der Waals surface area contributed by atoms with E-state index in [4.69, 9.17) is 11.6 Å².